The minimum atomic E-state index is -4.82. The van der Waals surface area contributed by atoms with E-state index >= 15 is 0 Å². The molecule has 0 spiro atoms. The van der Waals surface area contributed by atoms with E-state index in [2.05, 4.69) is 25.4 Å². The van der Waals surface area contributed by atoms with E-state index in [9.17, 15) is 18.0 Å². The molecule has 4 aromatic rings. The lowest BCUT2D eigenvalue weighted by Gasteiger charge is -2.37. The summed E-state index contributed by atoms with van der Waals surface area (Å²) in [6.45, 7) is 0.216. The van der Waals surface area contributed by atoms with Gasteiger partial charge in [-0.3, -0.25) is 9.78 Å². The third-order valence-electron chi connectivity index (χ3n) is 6.41. The molecule has 11 heteroatoms. The first-order valence-electron chi connectivity index (χ1n) is 11.0. The highest BCUT2D eigenvalue weighted by atomic mass is 19.4. The van der Waals surface area contributed by atoms with Crippen molar-refractivity contribution in [1.29, 1.82) is 0 Å². The number of amides is 1. The molecule has 1 amide bonds. The van der Waals surface area contributed by atoms with E-state index in [1.165, 1.54) is 12.4 Å². The smallest absolute Gasteiger partial charge is 0.351 e. The molecule has 34 heavy (non-hydrogen) atoms. The quantitative estimate of drug-likeness (QED) is 0.478. The number of halogens is 3. The van der Waals surface area contributed by atoms with Gasteiger partial charge >= 0.3 is 6.18 Å². The molecule has 176 valence electrons. The molecule has 1 saturated carbocycles. The van der Waals surface area contributed by atoms with Gasteiger partial charge in [0.05, 0.1) is 5.56 Å². The molecule has 0 aliphatic heterocycles. The zero-order valence-corrected chi connectivity index (χ0v) is 18.2. The first kappa shape index (κ1) is 22.1. The van der Waals surface area contributed by atoms with Crippen LogP contribution in [0.5, 0.6) is 0 Å². The van der Waals surface area contributed by atoms with Crippen LogP contribution in [0.15, 0.2) is 55.5 Å². The van der Waals surface area contributed by atoms with Crippen LogP contribution in [0.1, 0.15) is 53.7 Å². The number of hydrogen-bond donors (Lipinski definition) is 1. The van der Waals surface area contributed by atoms with Gasteiger partial charge < -0.3 is 9.72 Å². The molecule has 0 radical (unpaired) electrons. The fraction of sp³-hybridized carbons (Fsp3) is 0.348. The van der Waals surface area contributed by atoms with Crippen molar-refractivity contribution in [3.05, 3.63) is 72.3 Å². The van der Waals surface area contributed by atoms with Crippen LogP contribution in [-0.4, -0.2) is 41.6 Å². The van der Waals surface area contributed by atoms with Gasteiger partial charge in [0.1, 0.15) is 0 Å². The summed E-state index contributed by atoms with van der Waals surface area (Å²) < 4.78 is 44.0. The average Bonchev–Trinajstić information content (AvgIpc) is 3.51. The monoisotopic (exact) mass is 469 g/mol. The second-order valence-electron chi connectivity index (χ2n) is 8.51. The summed E-state index contributed by atoms with van der Waals surface area (Å²) in [5, 5.41) is 6.43. The third-order valence-corrected chi connectivity index (χ3v) is 6.41. The molecular weight excluding hydrogens is 447 g/mol. The first-order valence-corrected chi connectivity index (χ1v) is 11.0. The van der Waals surface area contributed by atoms with Crippen LogP contribution in [0.2, 0.25) is 0 Å². The zero-order chi connectivity index (χ0) is 23.8. The van der Waals surface area contributed by atoms with Gasteiger partial charge in [-0.1, -0.05) is 25.3 Å². The van der Waals surface area contributed by atoms with E-state index in [1.807, 2.05) is 12.1 Å². The molecular formula is C23H22F3N7O. The Kier molecular flexibility index (Phi) is 5.54. The molecule has 0 aromatic carbocycles. The van der Waals surface area contributed by atoms with Gasteiger partial charge in [-0.15, -0.1) is 0 Å². The molecule has 1 N–H and O–H groups in total. The van der Waals surface area contributed by atoms with E-state index < -0.39 is 23.3 Å². The Balaban J connectivity index is 1.47. The van der Waals surface area contributed by atoms with E-state index in [4.69, 9.17) is 0 Å². The van der Waals surface area contributed by atoms with Crippen LogP contribution >= 0.6 is 0 Å². The number of carbonyl (C=O) groups excluding carboxylic acids is 1. The average molecular weight is 469 g/mol. The molecule has 1 aliphatic carbocycles. The van der Waals surface area contributed by atoms with Crippen LogP contribution in [0.3, 0.4) is 0 Å². The summed E-state index contributed by atoms with van der Waals surface area (Å²) in [6, 6.07) is 3.79. The molecule has 0 bridgehead atoms. The number of carbonyl (C=O) groups is 1. The Morgan fingerprint density at radius 2 is 1.85 bits per heavy atom. The summed E-state index contributed by atoms with van der Waals surface area (Å²) >= 11 is 0. The summed E-state index contributed by atoms with van der Waals surface area (Å²) in [4.78, 5) is 25.5. The number of rotatable bonds is 5. The number of pyridine rings is 1. The minimum absolute atomic E-state index is 0.0937. The van der Waals surface area contributed by atoms with Crippen LogP contribution < -0.4 is 5.32 Å². The first-order chi connectivity index (χ1) is 16.4. The number of hydrogen-bond acceptors (Lipinski definition) is 5. The van der Waals surface area contributed by atoms with Gasteiger partial charge in [0.15, 0.2) is 17.2 Å². The Bertz CT molecular complexity index is 1310. The SMILES string of the molecule is O=C(NCC1(c2cccnc2)CCCCC1)c1cn(-c2nccn3ccnc23)nc1C(F)(F)F. The highest BCUT2D eigenvalue weighted by Crippen LogP contribution is 2.39. The van der Waals surface area contributed by atoms with Crippen molar-refractivity contribution >= 4 is 11.6 Å². The normalized spacial score (nSPS) is 16.0. The van der Waals surface area contributed by atoms with Crippen molar-refractivity contribution in [3.63, 3.8) is 0 Å². The largest absolute Gasteiger partial charge is 0.435 e. The summed E-state index contributed by atoms with van der Waals surface area (Å²) in [7, 11) is 0. The highest BCUT2D eigenvalue weighted by Gasteiger charge is 2.41. The number of aromatic nitrogens is 6. The fourth-order valence-corrected chi connectivity index (χ4v) is 4.68. The topological polar surface area (TPSA) is 90.0 Å². The van der Waals surface area contributed by atoms with Gasteiger partial charge in [-0.2, -0.15) is 18.3 Å². The van der Waals surface area contributed by atoms with Crippen molar-refractivity contribution in [2.24, 2.45) is 0 Å². The van der Waals surface area contributed by atoms with Gasteiger partial charge in [0, 0.05) is 55.3 Å². The standard InChI is InChI=1S/C23H22F3N7O/c24-23(25,26)18-17(14-33(31-18)20-19-28-9-11-32(19)12-10-29-20)21(34)30-15-22(6-2-1-3-7-22)16-5-4-8-27-13-16/h4-5,8-14H,1-3,6-7,15H2,(H,30,34). The molecule has 0 saturated heterocycles. The Morgan fingerprint density at radius 3 is 2.56 bits per heavy atom. The van der Waals surface area contributed by atoms with Crippen molar-refractivity contribution in [1.82, 2.24) is 34.4 Å². The van der Waals surface area contributed by atoms with E-state index in [-0.39, 0.29) is 17.8 Å². The van der Waals surface area contributed by atoms with E-state index in [1.54, 1.807) is 29.2 Å². The highest BCUT2D eigenvalue weighted by molar-refractivity contribution is 5.95. The maximum atomic E-state index is 13.8. The lowest BCUT2D eigenvalue weighted by atomic mass is 9.70. The van der Waals surface area contributed by atoms with Gasteiger partial charge in [0.25, 0.3) is 5.91 Å². The molecule has 0 unspecified atom stereocenters. The lowest BCUT2D eigenvalue weighted by molar-refractivity contribution is -0.141. The fourth-order valence-electron chi connectivity index (χ4n) is 4.68. The van der Waals surface area contributed by atoms with Crippen molar-refractivity contribution in [2.75, 3.05) is 6.54 Å². The number of alkyl halides is 3. The summed E-state index contributed by atoms with van der Waals surface area (Å²) in [6.07, 6.45) is 10.6. The maximum absolute atomic E-state index is 13.8. The summed E-state index contributed by atoms with van der Waals surface area (Å²) in [5.74, 6) is -0.737. The molecule has 8 nitrogen and oxygen atoms in total. The summed E-state index contributed by atoms with van der Waals surface area (Å²) in [5.41, 5.74) is -0.876. The van der Waals surface area contributed by atoms with Crippen molar-refractivity contribution < 1.29 is 18.0 Å². The maximum Gasteiger partial charge on any atom is 0.435 e. The zero-order valence-electron chi connectivity index (χ0n) is 18.2. The molecule has 1 aliphatic rings. The predicted molar refractivity (Wildman–Crippen MR) is 116 cm³/mol. The van der Waals surface area contributed by atoms with E-state index in [0.29, 0.717) is 5.65 Å². The second-order valence-corrected chi connectivity index (χ2v) is 8.51. The molecule has 5 rings (SSSR count). The number of imidazole rings is 1. The Labute approximate surface area is 192 Å². The predicted octanol–water partition coefficient (Wildman–Crippen LogP) is 3.96. The molecule has 1 fully saturated rings. The minimum Gasteiger partial charge on any atom is -0.351 e. The molecule has 4 heterocycles. The van der Waals surface area contributed by atoms with Gasteiger partial charge in [0.2, 0.25) is 0 Å². The van der Waals surface area contributed by atoms with E-state index in [0.717, 1.165) is 48.5 Å². The van der Waals surface area contributed by atoms with Crippen LogP contribution in [0.25, 0.3) is 11.5 Å². The third kappa shape index (κ3) is 4.02. The van der Waals surface area contributed by atoms with Gasteiger partial charge in [-0.25, -0.2) is 14.6 Å². The molecule has 4 aromatic heterocycles. The molecule has 0 atom stereocenters. The van der Waals surface area contributed by atoms with Crippen LogP contribution in [-0.2, 0) is 11.6 Å². The lowest BCUT2D eigenvalue weighted by Crippen LogP contribution is -2.42. The van der Waals surface area contributed by atoms with Crippen molar-refractivity contribution in [3.8, 4) is 5.82 Å². The second kappa shape index (κ2) is 8.54. The van der Waals surface area contributed by atoms with Crippen LogP contribution in [0, 0.1) is 0 Å². The number of nitrogens with zero attached hydrogens (tertiary/aromatic N) is 6. The van der Waals surface area contributed by atoms with Gasteiger partial charge in [-0.05, 0) is 24.5 Å². The Morgan fingerprint density at radius 1 is 1.09 bits per heavy atom. The number of fused-ring (bicyclic) bond motifs is 1. The Hall–Kier alpha value is -3.76. The van der Waals surface area contributed by atoms with Crippen LogP contribution in [0.4, 0.5) is 13.2 Å². The number of nitrogens with one attached hydrogen (secondary N) is 1. The van der Waals surface area contributed by atoms with Crippen molar-refractivity contribution in [2.45, 2.75) is 43.7 Å².